The van der Waals surface area contributed by atoms with E-state index in [-0.39, 0.29) is 11.4 Å². The number of hydrogen-bond acceptors (Lipinski definition) is 2. The number of ether oxygens (including phenoxy) is 1. The summed E-state index contributed by atoms with van der Waals surface area (Å²) in [5.74, 6) is -0.175. The van der Waals surface area contributed by atoms with Gasteiger partial charge in [0.1, 0.15) is 5.82 Å². The predicted octanol–water partition coefficient (Wildman–Crippen LogP) is 4.43. The van der Waals surface area contributed by atoms with E-state index in [0.717, 1.165) is 24.2 Å². The molecule has 110 valence electrons. The Labute approximate surface area is 120 Å². The first-order valence-electron chi connectivity index (χ1n) is 7.85. The summed E-state index contributed by atoms with van der Waals surface area (Å²) in [4.78, 5) is 0. The van der Waals surface area contributed by atoms with Crippen molar-refractivity contribution in [1.29, 1.82) is 0 Å². The molecular weight excluding hydrogens is 253 g/mol. The Morgan fingerprint density at radius 1 is 1.25 bits per heavy atom. The largest absolute Gasteiger partial charge is 0.382 e. The van der Waals surface area contributed by atoms with Crippen molar-refractivity contribution in [2.24, 2.45) is 0 Å². The SMILES string of the molecule is Cc1cc(F)ccc1NCC1CCC2(CCCCC2)O1. The van der Waals surface area contributed by atoms with Crippen molar-refractivity contribution < 1.29 is 9.13 Å². The van der Waals surface area contributed by atoms with Gasteiger partial charge in [-0.25, -0.2) is 4.39 Å². The van der Waals surface area contributed by atoms with E-state index in [1.54, 1.807) is 6.07 Å². The van der Waals surface area contributed by atoms with Crippen molar-refractivity contribution in [3.05, 3.63) is 29.6 Å². The molecule has 1 spiro atoms. The second kappa shape index (κ2) is 5.72. The lowest BCUT2D eigenvalue weighted by Crippen LogP contribution is -2.33. The second-order valence-corrected chi connectivity index (χ2v) is 6.36. The molecule has 0 radical (unpaired) electrons. The van der Waals surface area contributed by atoms with Crippen LogP contribution in [0.4, 0.5) is 10.1 Å². The molecule has 0 amide bonds. The highest BCUT2D eigenvalue weighted by Gasteiger charge is 2.40. The number of halogens is 1. The molecule has 1 aromatic rings. The minimum absolute atomic E-state index is 0.175. The summed E-state index contributed by atoms with van der Waals surface area (Å²) >= 11 is 0. The van der Waals surface area contributed by atoms with Crippen LogP contribution < -0.4 is 5.32 Å². The van der Waals surface area contributed by atoms with Crippen molar-refractivity contribution in [2.45, 2.75) is 63.6 Å². The average Bonchev–Trinajstić information content (AvgIpc) is 2.82. The maximum Gasteiger partial charge on any atom is 0.123 e. The normalized spacial score (nSPS) is 25.0. The van der Waals surface area contributed by atoms with Crippen LogP contribution in [0.25, 0.3) is 0 Å². The van der Waals surface area contributed by atoms with E-state index in [2.05, 4.69) is 5.32 Å². The quantitative estimate of drug-likeness (QED) is 0.882. The third-order valence-electron chi connectivity index (χ3n) is 4.81. The molecule has 1 N–H and O–H groups in total. The highest BCUT2D eigenvalue weighted by molar-refractivity contribution is 5.50. The fourth-order valence-corrected chi connectivity index (χ4v) is 3.65. The van der Waals surface area contributed by atoms with Crippen LogP contribution in [-0.4, -0.2) is 18.2 Å². The molecule has 20 heavy (non-hydrogen) atoms. The first-order valence-corrected chi connectivity index (χ1v) is 7.85. The summed E-state index contributed by atoms with van der Waals surface area (Å²) in [7, 11) is 0. The van der Waals surface area contributed by atoms with Crippen LogP contribution in [0.2, 0.25) is 0 Å². The summed E-state index contributed by atoms with van der Waals surface area (Å²) < 4.78 is 19.4. The Bertz CT molecular complexity index is 468. The summed E-state index contributed by atoms with van der Waals surface area (Å²) in [6.45, 7) is 2.76. The zero-order valence-corrected chi connectivity index (χ0v) is 12.3. The first kappa shape index (κ1) is 13.9. The minimum Gasteiger partial charge on any atom is -0.382 e. The third kappa shape index (κ3) is 2.98. The molecule has 0 bridgehead atoms. The Balaban J connectivity index is 1.54. The zero-order valence-electron chi connectivity index (χ0n) is 12.3. The zero-order chi connectivity index (χ0) is 14.0. The van der Waals surface area contributed by atoms with Gasteiger partial charge in [0, 0.05) is 12.2 Å². The van der Waals surface area contributed by atoms with Gasteiger partial charge in [-0.3, -0.25) is 0 Å². The Hall–Kier alpha value is -1.09. The summed E-state index contributed by atoms with van der Waals surface area (Å²) in [5.41, 5.74) is 2.15. The van der Waals surface area contributed by atoms with Crippen LogP contribution >= 0.6 is 0 Å². The molecule has 1 saturated heterocycles. The van der Waals surface area contributed by atoms with Gasteiger partial charge in [0.25, 0.3) is 0 Å². The first-order chi connectivity index (χ1) is 9.67. The molecule has 2 nitrogen and oxygen atoms in total. The summed E-state index contributed by atoms with van der Waals surface area (Å²) in [5, 5.41) is 3.41. The van der Waals surface area contributed by atoms with E-state index in [4.69, 9.17) is 4.74 Å². The van der Waals surface area contributed by atoms with Gasteiger partial charge in [-0.2, -0.15) is 0 Å². The standard InChI is InChI=1S/C17H24FNO/c1-13-11-14(18)5-6-16(13)19-12-15-7-10-17(20-15)8-3-2-4-9-17/h5-6,11,15,19H,2-4,7-10,12H2,1H3. The van der Waals surface area contributed by atoms with Crippen LogP contribution in [0.5, 0.6) is 0 Å². The van der Waals surface area contributed by atoms with E-state index in [1.807, 2.05) is 13.0 Å². The van der Waals surface area contributed by atoms with Crippen molar-refractivity contribution >= 4 is 5.69 Å². The van der Waals surface area contributed by atoms with Gasteiger partial charge in [-0.15, -0.1) is 0 Å². The van der Waals surface area contributed by atoms with Crippen LogP contribution in [0.15, 0.2) is 18.2 Å². The Kier molecular flexibility index (Phi) is 3.97. The van der Waals surface area contributed by atoms with Crippen LogP contribution in [-0.2, 0) is 4.74 Å². The fourth-order valence-electron chi connectivity index (χ4n) is 3.65. The molecule has 1 atom stereocenters. The molecular formula is C17H24FNO. The number of aryl methyl sites for hydroxylation is 1. The maximum atomic E-state index is 13.1. The van der Waals surface area contributed by atoms with Gasteiger partial charge in [0.15, 0.2) is 0 Å². The van der Waals surface area contributed by atoms with Crippen molar-refractivity contribution in [3.63, 3.8) is 0 Å². The highest BCUT2D eigenvalue weighted by atomic mass is 19.1. The molecule has 2 aliphatic rings. The van der Waals surface area contributed by atoms with E-state index in [0.29, 0.717) is 6.10 Å². The summed E-state index contributed by atoms with van der Waals surface area (Å²) in [6, 6.07) is 4.89. The predicted molar refractivity (Wildman–Crippen MR) is 79.5 cm³/mol. The number of benzene rings is 1. The molecule has 3 heteroatoms. The van der Waals surface area contributed by atoms with Gasteiger partial charge in [0.2, 0.25) is 0 Å². The van der Waals surface area contributed by atoms with E-state index in [1.165, 1.54) is 44.6 Å². The maximum absolute atomic E-state index is 13.1. The minimum atomic E-state index is -0.175. The lowest BCUT2D eigenvalue weighted by Gasteiger charge is -2.33. The average molecular weight is 277 g/mol. The lowest BCUT2D eigenvalue weighted by atomic mass is 9.83. The van der Waals surface area contributed by atoms with Crippen LogP contribution in [0.3, 0.4) is 0 Å². The molecule has 3 rings (SSSR count). The monoisotopic (exact) mass is 277 g/mol. The highest BCUT2D eigenvalue weighted by Crippen LogP contribution is 2.41. The Morgan fingerprint density at radius 2 is 2.05 bits per heavy atom. The molecule has 1 aliphatic carbocycles. The topological polar surface area (TPSA) is 21.3 Å². The molecule has 1 unspecified atom stereocenters. The van der Waals surface area contributed by atoms with Gasteiger partial charge in [0.05, 0.1) is 11.7 Å². The van der Waals surface area contributed by atoms with Crippen molar-refractivity contribution in [1.82, 2.24) is 0 Å². The molecule has 1 saturated carbocycles. The Morgan fingerprint density at radius 3 is 2.80 bits per heavy atom. The number of nitrogens with one attached hydrogen (secondary N) is 1. The van der Waals surface area contributed by atoms with Gasteiger partial charge >= 0.3 is 0 Å². The lowest BCUT2D eigenvalue weighted by molar-refractivity contribution is -0.0588. The van der Waals surface area contributed by atoms with Crippen molar-refractivity contribution in [3.8, 4) is 0 Å². The third-order valence-corrected chi connectivity index (χ3v) is 4.81. The van der Waals surface area contributed by atoms with Crippen molar-refractivity contribution in [2.75, 3.05) is 11.9 Å². The van der Waals surface area contributed by atoms with Gasteiger partial charge < -0.3 is 10.1 Å². The van der Waals surface area contributed by atoms with Crippen LogP contribution in [0.1, 0.15) is 50.5 Å². The molecule has 0 aromatic heterocycles. The van der Waals surface area contributed by atoms with E-state index in [9.17, 15) is 4.39 Å². The molecule has 1 aromatic carbocycles. The second-order valence-electron chi connectivity index (χ2n) is 6.36. The number of rotatable bonds is 3. The summed E-state index contributed by atoms with van der Waals surface area (Å²) in [6.07, 6.45) is 9.13. The van der Waals surface area contributed by atoms with Crippen LogP contribution in [0, 0.1) is 12.7 Å². The smallest absolute Gasteiger partial charge is 0.123 e. The molecule has 2 fully saturated rings. The van der Waals surface area contributed by atoms with Gasteiger partial charge in [-0.1, -0.05) is 19.3 Å². The van der Waals surface area contributed by atoms with Gasteiger partial charge in [-0.05, 0) is 56.4 Å². The fraction of sp³-hybridized carbons (Fsp3) is 0.647. The molecule has 1 aliphatic heterocycles. The number of anilines is 1. The molecule has 1 heterocycles. The van der Waals surface area contributed by atoms with E-state index >= 15 is 0 Å². The number of hydrogen-bond donors (Lipinski definition) is 1. The van der Waals surface area contributed by atoms with E-state index < -0.39 is 0 Å².